The van der Waals surface area contributed by atoms with Crippen molar-refractivity contribution in [3.8, 4) is 17.2 Å². The summed E-state index contributed by atoms with van der Waals surface area (Å²) in [6, 6.07) is 5.06. The largest absolute Gasteiger partial charge is 0.352 e. The molecule has 34 heavy (non-hydrogen) atoms. The maximum Gasteiger partial charge on any atom is 0.352 e. The zero-order valence-electron chi connectivity index (χ0n) is 18.9. The molecule has 11 nitrogen and oxygen atoms in total. The first-order valence-corrected chi connectivity index (χ1v) is 11.3. The van der Waals surface area contributed by atoms with E-state index in [1.807, 2.05) is 0 Å². The molecule has 0 atom stereocenters. The van der Waals surface area contributed by atoms with Gasteiger partial charge in [-0.15, -0.1) is 0 Å². The van der Waals surface area contributed by atoms with Crippen LogP contribution in [0.4, 0.5) is 4.39 Å². The lowest BCUT2D eigenvalue weighted by atomic mass is 10.2. The number of hydrogen-bond donors (Lipinski definition) is 1. The van der Waals surface area contributed by atoms with Crippen molar-refractivity contribution in [3.63, 3.8) is 0 Å². The van der Waals surface area contributed by atoms with Crippen LogP contribution in [-0.4, -0.2) is 61.5 Å². The second-order valence-corrected chi connectivity index (χ2v) is 8.00. The molecule has 1 aliphatic rings. The highest BCUT2D eigenvalue weighted by Crippen LogP contribution is 2.11. The van der Waals surface area contributed by atoms with Crippen molar-refractivity contribution in [2.45, 2.75) is 39.2 Å². The predicted molar refractivity (Wildman–Crippen MR) is 120 cm³/mol. The molecule has 0 bridgehead atoms. The van der Waals surface area contributed by atoms with Gasteiger partial charge >= 0.3 is 17.5 Å². The van der Waals surface area contributed by atoms with Gasteiger partial charge < -0.3 is 14.7 Å². The van der Waals surface area contributed by atoms with E-state index in [1.54, 1.807) is 6.92 Å². The third kappa shape index (κ3) is 5.11. The number of aromatic nitrogens is 5. The zero-order valence-corrected chi connectivity index (χ0v) is 18.9. The van der Waals surface area contributed by atoms with Gasteiger partial charge in [0.1, 0.15) is 5.82 Å². The second kappa shape index (κ2) is 10.5. The Labute approximate surface area is 194 Å². The molecule has 1 N–H and O–H groups in total. The average molecular weight is 471 g/mol. The van der Waals surface area contributed by atoms with E-state index in [-0.39, 0.29) is 29.6 Å². The molecule has 0 unspecified atom stereocenters. The van der Waals surface area contributed by atoms with Crippen LogP contribution in [0.2, 0.25) is 0 Å². The number of amides is 1. The van der Waals surface area contributed by atoms with Gasteiger partial charge in [0.05, 0.1) is 5.69 Å². The normalized spacial score (nSPS) is 14.6. The van der Waals surface area contributed by atoms with E-state index in [9.17, 15) is 18.8 Å². The minimum absolute atomic E-state index is 0.0656. The van der Waals surface area contributed by atoms with Crippen LogP contribution in [-0.2, 0) is 6.54 Å². The van der Waals surface area contributed by atoms with Crippen molar-refractivity contribution in [2.75, 3.05) is 26.2 Å². The Kier molecular flexibility index (Phi) is 7.26. The molecular formula is C22H26FN7O4. The van der Waals surface area contributed by atoms with Crippen molar-refractivity contribution in [2.24, 2.45) is 0 Å². The maximum atomic E-state index is 13.3. The number of carbonyl (C=O) groups excluding carboxylic acids is 1. The number of likely N-dealkylation sites (tertiary alicyclic amines) is 1. The molecule has 1 aromatic carbocycles. The van der Waals surface area contributed by atoms with E-state index in [4.69, 9.17) is 4.52 Å². The quantitative estimate of drug-likeness (QED) is 0.545. The molecule has 0 aliphatic carbocycles. The van der Waals surface area contributed by atoms with Gasteiger partial charge in [0.2, 0.25) is 5.82 Å². The number of carbonyl (C=O) groups is 1. The summed E-state index contributed by atoms with van der Waals surface area (Å²) in [6.07, 6.45) is 4.78. The lowest BCUT2D eigenvalue weighted by molar-refractivity contribution is 0.0904. The summed E-state index contributed by atoms with van der Waals surface area (Å²) in [4.78, 5) is 44.3. The highest BCUT2D eigenvalue weighted by molar-refractivity contribution is 5.89. The molecule has 1 amide bonds. The summed E-state index contributed by atoms with van der Waals surface area (Å²) in [7, 11) is 0. The summed E-state index contributed by atoms with van der Waals surface area (Å²) in [6.45, 7) is 4.86. The minimum Gasteiger partial charge on any atom is -0.347 e. The number of hydrogen-bond acceptors (Lipinski definition) is 8. The van der Waals surface area contributed by atoms with Crippen molar-refractivity contribution in [3.05, 3.63) is 56.8 Å². The standard InChI is InChI=1S/C22H26FN7O4/c1-2-29-21(32)17(26-30(22(29)33)16-9-7-15(23)8-10-16)18-25-20(34-27-18)19(31)24-11-14-28-12-5-3-4-6-13-28/h7-10H,2-6,11-14H2,1H3,(H,24,31). The first-order valence-electron chi connectivity index (χ1n) is 11.3. The SMILES string of the molecule is CCn1c(=O)c(-c2noc(C(=O)NCCN3CCCCCC3)n2)nn(-c2ccc(F)cc2)c1=O. The minimum atomic E-state index is -0.722. The van der Waals surface area contributed by atoms with Crippen molar-refractivity contribution < 1.29 is 13.7 Å². The molecule has 3 aromatic rings. The smallest absolute Gasteiger partial charge is 0.347 e. The van der Waals surface area contributed by atoms with Crippen LogP contribution in [0, 0.1) is 5.82 Å². The second-order valence-electron chi connectivity index (χ2n) is 8.00. The predicted octanol–water partition coefficient (Wildman–Crippen LogP) is 1.21. The molecule has 2 aromatic heterocycles. The van der Waals surface area contributed by atoms with E-state index < -0.39 is 23.0 Å². The van der Waals surface area contributed by atoms with Crippen molar-refractivity contribution in [1.29, 1.82) is 0 Å². The van der Waals surface area contributed by atoms with Gasteiger partial charge in [-0.2, -0.15) is 14.8 Å². The number of halogens is 1. The molecule has 3 heterocycles. The van der Waals surface area contributed by atoms with E-state index in [2.05, 4.69) is 25.5 Å². The monoisotopic (exact) mass is 471 g/mol. The Morgan fingerprint density at radius 1 is 1.12 bits per heavy atom. The summed E-state index contributed by atoms with van der Waals surface area (Å²) in [5.41, 5.74) is -1.43. The Balaban J connectivity index is 1.54. The molecule has 0 spiro atoms. The van der Waals surface area contributed by atoms with E-state index in [0.717, 1.165) is 41.7 Å². The molecule has 180 valence electrons. The summed E-state index contributed by atoms with van der Waals surface area (Å²) < 4.78 is 20.3. The van der Waals surface area contributed by atoms with Gasteiger partial charge in [-0.25, -0.2) is 9.18 Å². The molecular weight excluding hydrogens is 445 g/mol. The van der Waals surface area contributed by atoms with Crippen molar-refractivity contribution >= 4 is 5.91 Å². The van der Waals surface area contributed by atoms with Crippen LogP contribution in [0.25, 0.3) is 17.2 Å². The first-order chi connectivity index (χ1) is 16.5. The summed E-state index contributed by atoms with van der Waals surface area (Å²) in [5, 5.41) is 10.6. The number of rotatable bonds is 7. The molecule has 4 rings (SSSR count). The van der Waals surface area contributed by atoms with Gasteiger partial charge in [0, 0.05) is 19.6 Å². The summed E-state index contributed by atoms with van der Waals surface area (Å²) in [5.74, 6) is -1.57. The maximum absolute atomic E-state index is 13.3. The van der Waals surface area contributed by atoms with E-state index >= 15 is 0 Å². The van der Waals surface area contributed by atoms with Crippen LogP contribution in [0.1, 0.15) is 43.3 Å². The third-order valence-electron chi connectivity index (χ3n) is 5.69. The fourth-order valence-electron chi connectivity index (χ4n) is 3.86. The first kappa shape index (κ1) is 23.5. The van der Waals surface area contributed by atoms with Crippen LogP contribution in [0.3, 0.4) is 0 Å². The fraction of sp³-hybridized carbons (Fsp3) is 0.455. The molecule has 1 fully saturated rings. The van der Waals surface area contributed by atoms with E-state index in [1.165, 1.54) is 37.1 Å². The van der Waals surface area contributed by atoms with Crippen LogP contribution >= 0.6 is 0 Å². The lowest BCUT2D eigenvalue weighted by Crippen LogP contribution is -2.41. The van der Waals surface area contributed by atoms with Crippen LogP contribution in [0.5, 0.6) is 0 Å². The van der Waals surface area contributed by atoms with Crippen LogP contribution in [0.15, 0.2) is 38.4 Å². The molecule has 12 heteroatoms. The molecule has 0 radical (unpaired) electrons. The Bertz CT molecular complexity index is 1260. The van der Waals surface area contributed by atoms with Gasteiger partial charge in [-0.3, -0.25) is 14.2 Å². The molecule has 1 saturated heterocycles. The van der Waals surface area contributed by atoms with E-state index in [0.29, 0.717) is 6.54 Å². The molecule has 0 saturated carbocycles. The number of nitrogens with one attached hydrogen (secondary N) is 1. The van der Waals surface area contributed by atoms with Crippen LogP contribution < -0.4 is 16.6 Å². The Morgan fingerprint density at radius 2 is 1.82 bits per heavy atom. The zero-order chi connectivity index (χ0) is 24.1. The average Bonchev–Trinajstić information content (AvgIpc) is 3.18. The topological polar surface area (TPSA) is 128 Å². The lowest BCUT2D eigenvalue weighted by Gasteiger charge is -2.19. The highest BCUT2D eigenvalue weighted by atomic mass is 19.1. The molecule has 1 aliphatic heterocycles. The Hall–Kier alpha value is -3.67. The fourth-order valence-corrected chi connectivity index (χ4v) is 3.86. The Morgan fingerprint density at radius 3 is 2.50 bits per heavy atom. The van der Waals surface area contributed by atoms with Gasteiger partial charge in [0.25, 0.3) is 5.56 Å². The van der Waals surface area contributed by atoms with Gasteiger partial charge in [0.15, 0.2) is 5.69 Å². The van der Waals surface area contributed by atoms with Gasteiger partial charge in [-0.1, -0.05) is 18.0 Å². The number of benzene rings is 1. The summed E-state index contributed by atoms with van der Waals surface area (Å²) >= 11 is 0. The van der Waals surface area contributed by atoms with Crippen molar-refractivity contribution in [1.82, 2.24) is 34.7 Å². The highest BCUT2D eigenvalue weighted by Gasteiger charge is 2.22. The van der Waals surface area contributed by atoms with Gasteiger partial charge in [-0.05, 0) is 57.1 Å². The number of nitrogens with zero attached hydrogens (tertiary/aromatic N) is 6. The third-order valence-corrected chi connectivity index (χ3v) is 5.69.